The molecular formula is C26H22BrN5O4S. The predicted octanol–water partition coefficient (Wildman–Crippen LogP) is 5.38. The number of nitrogens with zero attached hydrogens (tertiary/aromatic N) is 5. The van der Waals surface area contributed by atoms with Gasteiger partial charge >= 0.3 is 0 Å². The molecule has 0 bridgehead atoms. The van der Waals surface area contributed by atoms with Crippen LogP contribution in [0, 0.1) is 0 Å². The molecule has 0 spiro atoms. The summed E-state index contributed by atoms with van der Waals surface area (Å²) >= 11 is 4.64. The smallest absolute Gasteiger partial charge is 0.277 e. The Morgan fingerprint density at radius 3 is 2.62 bits per heavy atom. The predicted molar refractivity (Wildman–Crippen MR) is 143 cm³/mol. The number of ether oxygens (including phenoxy) is 2. The Morgan fingerprint density at radius 1 is 1.08 bits per heavy atom. The maximum absolute atomic E-state index is 13.4. The van der Waals surface area contributed by atoms with Crippen LogP contribution in [0.3, 0.4) is 0 Å². The number of carbonyl (C=O) groups is 1. The van der Waals surface area contributed by atoms with Crippen LogP contribution < -0.4 is 9.47 Å². The molecule has 188 valence electrons. The van der Waals surface area contributed by atoms with Crippen molar-refractivity contribution in [3.63, 3.8) is 0 Å². The van der Waals surface area contributed by atoms with Gasteiger partial charge in [-0.05, 0) is 47.5 Å². The number of pyridine rings is 1. The summed E-state index contributed by atoms with van der Waals surface area (Å²) in [6, 6.07) is 16.8. The second-order valence-electron chi connectivity index (χ2n) is 8.03. The molecule has 0 aliphatic carbocycles. The maximum Gasteiger partial charge on any atom is 0.277 e. The summed E-state index contributed by atoms with van der Waals surface area (Å²) in [7, 11) is 3.18. The SMILES string of the molecule is COc1ccc(C2CC(c3ccc(Br)cc3)=NN2C(=O)CSc2nnc(-c3cccnc3)o2)cc1OC. The fourth-order valence-electron chi connectivity index (χ4n) is 3.94. The van der Waals surface area contributed by atoms with Crippen LogP contribution in [0.4, 0.5) is 0 Å². The third-order valence-electron chi connectivity index (χ3n) is 5.77. The lowest BCUT2D eigenvalue weighted by atomic mass is 9.98. The maximum atomic E-state index is 13.4. The molecule has 0 saturated carbocycles. The van der Waals surface area contributed by atoms with Crippen LogP contribution in [0.2, 0.25) is 0 Å². The summed E-state index contributed by atoms with van der Waals surface area (Å²) in [5.41, 5.74) is 3.38. The molecule has 0 N–H and O–H groups in total. The van der Waals surface area contributed by atoms with E-state index in [0.717, 1.165) is 21.3 Å². The fraction of sp³-hybridized carbons (Fsp3) is 0.192. The summed E-state index contributed by atoms with van der Waals surface area (Å²) in [5, 5.41) is 14.7. The van der Waals surface area contributed by atoms with Gasteiger partial charge in [0, 0.05) is 23.3 Å². The number of halogens is 1. The molecular weight excluding hydrogens is 558 g/mol. The van der Waals surface area contributed by atoms with Gasteiger partial charge in [-0.2, -0.15) is 5.10 Å². The van der Waals surface area contributed by atoms with E-state index in [9.17, 15) is 4.79 Å². The van der Waals surface area contributed by atoms with E-state index in [2.05, 4.69) is 31.1 Å². The summed E-state index contributed by atoms with van der Waals surface area (Å²) in [6.07, 6.45) is 3.87. The minimum Gasteiger partial charge on any atom is -0.493 e. The van der Waals surface area contributed by atoms with E-state index >= 15 is 0 Å². The van der Waals surface area contributed by atoms with E-state index in [1.165, 1.54) is 16.8 Å². The summed E-state index contributed by atoms with van der Waals surface area (Å²) in [6.45, 7) is 0. The van der Waals surface area contributed by atoms with E-state index in [-0.39, 0.29) is 17.7 Å². The van der Waals surface area contributed by atoms with Gasteiger partial charge in [0.15, 0.2) is 11.5 Å². The number of benzene rings is 2. The number of aromatic nitrogens is 3. The van der Waals surface area contributed by atoms with Gasteiger partial charge in [-0.1, -0.05) is 45.9 Å². The van der Waals surface area contributed by atoms with Crippen molar-refractivity contribution in [3.05, 3.63) is 82.6 Å². The molecule has 0 saturated heterocycles. The number of amides is 1. The molecule has 1 unspecified atom stereocenters. The van der Waals surface area contributed by atoms with Gasteiger partial charge in [0.2, 0.25) is 5.89 Å². The zero-order valence-electron chi connectivity index (χ0n) is 20.0. The average Bonchev–Trinajstić information content (AvgIpc) is 3.60. The summed E-state index contributed by atoms with van der Waals surface area (Å²) in [4.78, 5) is 17.5. The van der Waals surface area contributed by atoms with Crippen molar-refractivity contribution < 1.29 is 18.7 Å². The van der Waals surface area contributed by atoms with Crippen molar-refractivity contribution in [3.8, 4) is 23.0 Å². The monoisotopic (exact) mass is 579 g/mol. The van der Waals surface area contributed by atoms with Crippen LogP contribution in [0.15, 0.2) is 86.2 Å². The average molecular weight is 580 g/mol. The van der Waals surface area contributed by atoms with Crippen molar-refractivity contribution in [1.29, 1.82) is 0 Å². The Hall–Kier alpha value is -3.70. The minimum absolute atomic E-state index is 0.0789. The molecule has 1 atom stereocenters. The lowest BCUT2D eigenvalue weighted by molar-refractivity contribution is -0.130. The van der Waals surface area contributed by atoms with E-state index < -0.39 is 0 Å². The zero-order valence-corrected chi connectivity index (χ0v) is 22.4. The molecule has 11 heteroatoms. The van der Waals surface area contributed by atoms with E-state index in [0.29, 0.717) is 34.6 Å². The van der Waals surface area contributed by atoms with Crippen LogP contribution in [0.5, 0.6) is 11.5 Å². The first-order valence-corrected chi connectivity index (χ1v) is 13.1. The molecule has 4 aromatic rings. The third kappa shape index (κ3) is 5.52. The Kier molecular flexibility index (Phi) is 7.52. The van der Waals surface area contributed by atoms with Gasteiger partial charge < -0.3 is 13.9 Å². The quantitative estimate of drug-likeness (QED) is 0.256. The molecule has 9 nitrogen and oxygen atoms in total. The number of methoxy groups -OCH3 is 2. The van der Waals surface area contributed by atoms with E-state index in [4.69, 9.17) is 19.0 Å². The van der Waals surface area contributed by atoms with Gasteiger partial charge in [-0.3, -0.25) is 9.78 Å². The zero-order chi connectivity index (χ0) is 25.8. The lowest BCUT2D eigenvalue weighted by Gasteiger charge is -2.22. The molecule has 2 aromatic carbocycles. The molecule has 0 radical (unpaired) electrons. The largest absolute Gasteiger partial charge is 0.493 e. The van der Waals surface area contributed by atoms with E-state index in [1.54, 1.807) is 32.7 Å². The second-order valence-corrected chi connectivity index (χ2v) is 9.87. The molecule has 1 amide bonds. The van der Waals surface area contributed by atoms with Gasteiger partial charge in [0.1, 0.15) is 0 Å². The second kappa shape index (κ2) is 11.1. The first-order valence-electron chi connectivity index (χ1n) is 11.3. The van der Waals surface area contributed by atoms with Gasteiger partial charge in [-0.25, -0.2) is 5.01 Å². The van der Waals surface area contributed by atoms with Gasteiger partial charge in [-0.15, -0.1) is 10.2 Å². The highest BCUT2D eigenvalue weighted by Crippen LogP contribution is 2.38. The van der Waals surface area contributed by atoms with Crippen molar-refractivity contribution in [2.45, 2.75) is 17.7 Å². The Bertz CT molecular complexity index is 1430. The first kappa shape index (κ1) is 25.0. The normalized spacial score (nSPS) is 14.9. The van der Waals surface area contributed by atoms with Crippen molar-refractivity contribution in [1.82, 2.24) is 20.2 Å². The first-order chi connectivity index (χ1) is 18.1. The number of hydrazone groups is 1. The molecule has 1 aliphatic heterocycles. The number of rotatable bonds is 8. The number of carbonyl (C=O) groups excluding carboxylic acids is 1. The summed E-state index contributed by atoms with van der Waals surface area (Å²) in [5.74, 6) is 1.46. The molecule has 0 fully saturated rings. The Labute approximate surface area is 226 Å². The number of hydrogen-bond acceptors (Lipinski definition) is 9. The van der Waals surface area contributed by atoms with Gasteiger partial charge in [0.05, 0.1) is 37.3 Å². The molecule has 37 heavy (non-hydrogen) atoms. The molecule has 2 aromatic heterocycles. The lowest BCUT2D eigenvalue weighted by Crippen LogP contribution is -2.28. The highest BCUT2D eigenvalue weighted by atomic mass is 79.9. The number of thioether (sulfide) groups is 1. The van der Waals surface area contributed by atoms with Crippen LogP contribution in [-0.4, -0.2) is 51.8 Å². The molecule has 1 aliphatic rings. The topological polar surface area (TPSA) is 103 Å². The standard InChI is InChI=1S/C26H22BrN5O4S/c1-34-22-10-7-17(12-23(22)35-2)21-13-20(16-5-8-19(27)9-6-16)31-32(21)24(33)15-37-26-30-29-25(36-26)18-4-3-11-28-14-18/h3-12,14,21H,13,15H2,1-2H3. The van der Waals surface area contributed by atoms with Crippen LogP contribution >= 0.6 is 27.7 Å². The van der Waals surface area contributed by atoms with Crippen LogP contribution in [0.25, 0.3) is 11.5 Å². The number of hydrogen-bond donors (Lipinski definition) is 0. The Morgan fingerprint density at radius 2 is 1.89 bits per heavy atom. The van der Waals surface area contributed by atoms with Crippen molar-refractivity contribution >= 4 is 39.3 Å². The molecule has 5 rings (SSSR count). The minimum atomic E-state index is -0.305. The highest BCUT2D eigenvalue weighted by Gasteiger charge is 2.34. The highest BCUT2D eigenvalue weighted by molar-refractivity contribution is 9.10. The van der Waals surface area contributed by atoms with Crippen LogP contribution in [-0.2, 0) is 4.79 Å². The van der Waals surface area contributed by atoms with E-state index in [1.807, 2.05) is 48.5 Å². The van der Waals surface area contributed by atoms with Gasteiger partial charge in [0.25, 0.3) is 11.1 Å². The third-order valence-corrected chi connectivity index (χ3v) is 7.10. The summed E-state index contributed by atoms with van der Waals surface area (Å²) < 4.78 is 17.6. The van der Waals surface area contributed by atoms with Crippen molar-refractivity contribution in [2.24, 2.45) is 5.10 Å². The van der Waals surface area contributed by atoms with Crippen LogP contribution in [0.1, 0.15) is 23.6 Å². The molecule has 3 heterocycles. The Balaban J connectivity index is 1.38. The van der Waals surface area contributed by atoms with Crippen molar-refractivity contribution in [2.75, 3.05) is 20.0 Å². The fourth-order valence-corrected chi connectivity index (χ4v) is 4.82.